The third-order valence-corrected chi connectivity index (χ3v) is 18.9. The standard InChI is InChI=1S/C55H72ClN9O12S4/c1-32-34(3)79-52-45(32)46(37-15-17-39(56)18-16-37)60-41(49-63-62-35(4)65(49)52)26-43(66)57-19-20-73-21-22-74-23-24-75-29-44(67)61-48(54(5,6)7)51(69)64-28-40(77-53(70)76-30-55(8,9)80-81(10,71)72)25-42(64)50(68)58-27-36-11-13-38(14-12-36)47-33(2)59-31-78-47/h11-18,31,35,40-42,48,62H,19-30H2,1-10H3,(H,57,66)(H,58,68)(H,61,67)/t35?,40-,41+,42+,48-/m1/s1. The molecule has 1 fully saturated rings. The predicted molar refractivity (Wildman–Crippen MR) is 316 cm³/mol. The van der Waals surface area contributed by atoms with Gasteiger partial charge < -0.3 is 44.5 Å². The Hall–Kier alpha value is -5.67. The molecule has 0 bridgehead atoms. The molecule has 0 spiro atoms. The first kappa shape index (κ1) is 62.9. The van der Waals surface area contributed by atoms with Gasteiger partial charge in [-0.15, -0.1) is 22.7 Å². The number of rotatable bonds is 25. The van der Waals surface area contributed by atoms with Crippen molar-refractivity contribution < 1.29 is 56.1 Å². The van der Waals surface area contributed by atoms with E-state index in [0.717, 1.165) is 55.4 Å². The summed E-state index contributed by atoms with van der Waals surface area (Å²) >= 11 is 9.46. The van der Waals surface area contributed by atoms with E-state index < -0.39 is 67.1 Å². The van der Waals surface area contributed by atoms with E-state index in [-0.39, 0.29) is 90.8 Å². The number of amides is 4. The number of amidine groups is 1. The summed E-state index contributed by atoms with van der Waals surface area (Å²) in [5.41, 5.74) is 10.6. The minimum absolute atomic E-state index is 0.0614. The summed E-state index contributed by atoms with van der Waals surface area (Å²) in [6.45, 7) is 17.1. The van der Waals surface area contributed by atoms with Crippen LogP contribution in [0.2, 0.25) is 5.02 Å². The monoisotopic (exact) mass is 1210 g/mol. The topological polar surface area (TPSA) is 258 Å². The number of carbonyl (C=O) groups excluding carboxylic acids is 5. The number of nitrogens with one attached hydrogen (secondary N) is 4. The number of thiophene rings is 1. The number of anilines is 1. The SMILES string of the molecule is Cc1ncsc1-c1ccc(CNC(=O)[C@@H]2C[C@@H](OC(=O)OCC(C)(C)SS(C)(=O)=O)CN2C(=O)[C@@H](NC(=O)COCCOCCOCCNC(=O)C[C@@H]2N=C(c3ccc(Cl)cc3)c3c(sc(C)c3C)N3C2=NNC3C)C(C)(C)C)cc1. The quantitative estimate of drug-likeness (QED) is 0.0304. The molecule has 4 amide bonds. The van der Waals surface area contributed by atoms with E-state index in [9.17, 15) is 32.4 Å². The molecule has 440 valence electrons. The number of aromatic nitrogens is 1. The van der Waals surface area contributed by atoms with Gasteiger partial charge in [0, 0.05) is 46.8 Å². The lowest BCUT2D eigenvalue weighted by Gasteiger charge is -2.35. The fourth-order valence-electron chi connectivity index (χ4n) is 9.29. The van der Waals surface area contributed by atoms with Gasteiger partial charge in [-0.1, -0.05) is 68.8 Å². The Morgan fingerprint density at radius 1 is 0.901 bits per heavy atom. The minimum atomic E-state index is -3.46. The lowest BCUT2D eigenvalue weighted by Crippen LogP contribution is -2.58. The molecule has 26 heteroatoms. The number of halogens is 1. The number of nitrogens with zero attached hydrogens (tertiary/aromatic N) is 5. The third-order valence-electron chi connectivity index (χ3n) is 13.3. The number of carbonyl (C=O) groups is 5. The summed E-state index contributed by atoms with van der Waals surface area (Å²) in [7, 11) is -2.81. The first-order valence-electron chi connectivity index (χ1n) is 26.5. The number of ether oxygens (including phenoxy) is 5. The zero-order valence-corrected chi connectivity index (χ0v) is 51.2. The molecule has 2 aromatic heterocycles. The van der Waals surface area contributed by atoms with Gasteiger partial charge in [-0.2, -0.15) is 5.10 Å². The van der Waals surface area contributed by atoms with Crippen LogP contribution in [0, 0.1) is 26.2 Å². The van der Waals surface area contributed by atoms with Crippen LogP contribution in [0.5, 0.6) is 0 Å². The zero-order valence-electron chi connectivity index (χ0n) is 47.2. The second-order valence-electron chi connectivity index (χ2n) is 21.6. The van der Waals surface area contributed by atoms with Gasteiger partial charge in [0.05, 0.1) is 72.5 Å². The highest BCUT2D eigenvalue weighted by atomic mass is 35.5. The first-order valence-corrected chi connectivity index (χ1v) is 31.8. The first-order chi connectivity index (χ1) is 38.3. The van der Waals surface area contributed by atoms with Crippen molar-refractivity contribution in [1.82, 2.24) is 31.3 Å². The highest BCUT2D eigenvalue weighted by molar-refractivity contribution is 8.72. The van der Waals surface area contributed by atoms with Gasteiger partial charge in [0.1, 0.15) is 48.6 Å². The predicted octanol–water partition coefficient (Wildman–Crippen LogP) is 6.74. The van der Waals surface area contributed by atoms with Gasteiger partial charge in [0.2, 0.25) is 23.6 Å². The minimum Gasteiger partial charge on any atom is -0.433 e. The van der Waals surface area contributed by atoms with E-state index in [1.54, 1.807) is 51.5 Å². The number of likely N-dealkylation sites (tertiary alicyclic amines) is 1. The molecular weight excluding hydrogens is 1140 g/mol. The number of hydrogen-bond donors (Lipinski definition) is 4. The lowest BCUT2D eigenvalue weighted by atomic mass is 9.85. The number of hydrogen-bond acceptors (Lipinski definition) is 20. The Labute approximate surface area is 490 Å². The Kier molecular flexibility index (Phi) is 21.4. The van der Waals surface area contributed by atoms with Crippen LogP contribution < -0.4 is 26.3 Å². The molecule has 21 nitrogen and oxygen atoms in total. The average molecular weight is 1210 g/mol. The number of benzene rings is 2. The Balaban J connectivity index is 0.850. The van der Waals surface area contributed by atoms with E-state index in [4.69, 9.17) is 40.3 Å². The van der Waals surface area contributed by atoms with Crippen molar-refractivity contribution in [3.63, 3.8) is 0 Å². The van der Waals surface area contributed by atoms with Crippen molar-refractivity contribution in [3.8, 4) is 10.4 Å². The van der Waals surface area contributed by atoms with Crippen LogP contribution >= 0.6 is 45.1 Å². The third kappa shape index (κ3) is 17.2. The van der Waals surface area contributed by atoms with E-state index in [1.165, 1.54) is 21.1 Å². The van der Waals surface area contributed by atoms with Gasteiger partial charge in [-0.3, -0.25) is 34.5 Å². The van der Waals surface area contributed by atoms with E-state index >= 15 is 0 Å². The van der Waals surface area contributed by atoms with Gasteiger partial charge >= 0.3 is 6.16 Å². The fourth-order valence-corrected chi connectivity index (χ4v) is 15.0. The maximum atomic E-state index is 14.5. The molecule has 2 aromatic carbocycles. The van der Waals surface area contributed by atoms with Crippen LogP contribution in [0.1, 0.15) is 87.2 Å². The van der Waals surface area contributed by atoms with Crippen molar-refractivity contribution >= 4 is 100 Å². The van der Waals surface area contributed by atoms with E-state index in [0.29, 0.717) is 21.7 Å². The van der Waals surface area contributed by atoms with Gasteiger partial charge in [-0.25, -0.2) is 18.2 Å². The van der Waals surface area contributed by atoms with Crippen LogP contribution in [-0.4, -0.2) is 160 Å². The van der Waals surface area contributed by atoms with Gasteiger partial charge in [-0.05, 0) is 86.6 Å². The van der Waals surface area contributed by atoms with Crippen molar-refractivity contribution in [2.75, 3.05) is 70.5 Å². The average Bonchev–Trinajstić information content (AvgIpc) is 4.36. The van der Waals surface area contributed by atoms with Gasteiger partial charge in [0.15, 0.2) is 14.7 Å². The molecular formula is C55H72ClN9O12S4. The molecule has 3 aliphatic heterocycles. The smallest absolute Gasteiger partial charge is 0.433 e. The number of aliphatic imine (C=N–C) groups is 1. The number of aryl methyl sites for hydroxylation is 2. The van der Waals surface area contributed by atoms with Crippen LogP contribution in [0.15, 0.2) is 64.1 Å². The summed E-state index contributed by atoms with van der Waals surface area (Å²) in [5.74, 6) is -1.18. The van der Waals surface area contributed by atoms with Crippen molar-refractivity contribution in [2.24, 2.45) is 15.5 Å². The second-order valence-corrected chi connectivity index (χ2v) is 29.0. The highest BCUT2D eigenvalue weighted by Crippen LogP contribution is 2.42. The second kappa shape index (κ2) is 27.6. The summed E-state index contributed by atoms with van der Waals surface area (Å²) in [6.07, 6.45) is -1.12. The molecule has 5 heterocycles. The highest BCUT2D eigenvalue weighted by Gasteiger charge is 2.47. The Bertz CT molecular complexity index is 3070. The molecule has 81 heavy (non-hydrogen) atoms. The van der Waals surface area contributed by atoms with Crippen LogP contribution in [0.25, 0.3) is 10.4 Å². The zero-order chi connectivity index (χ0) is 58.8. The van der Waals surface area contributed by atoms with Crippen LogP contribution in [0.3, 0.4) is 0 Å². The Morgan fingerprint density at radius 3 is 2.22 bits per heavy atom. The van der Waals surface area contributed by atoms with Crippen molar-refractivity contribution in [1.29, 1.82) is 0 Å². The maximum absolute atomic E-state index is 14.5. The molecule has 1 unspecified atom stereocenters. The largest absolute Gasteiger partial charge is 0.508 e. The summed E-state index contributed by atoms with van der Waals surface area (Å²) in [6, 6.07) is 12.5. The van der Waals surface area contributed by atoms with Gasteiger partial charge in [0.25, 0.3) is 0 Å². The van der Waals surface area contributed by atoms with E-state index in [1.807, 2.05) is 62.4 Å². The van der Waals surface area contributed by atoms with Crippen LogP contribution in [0.4, 0.5) is 9.80 Å². The molecule has 5 atom stereocenters. The van der Waals surface area contributed by atoms with Crippen molar-refractivity contribution in [3.05, 3.63) is 91.9 Å². The fraction of sp³-hybridized carbons (Fsp3) is 0.527. The number of fused-ring (bicyclic) bond motifs is 3. The maximum Gasteiger partial charge on any atom is 0.508 e. The van der Waals surface area contributed by atoms with Crippen LogP contribution in [-0.2, 0) is 58.3 Å². The normalized spacial score (nSPS) is 18.4. The number of thiazole rings is 1. The molecule has 4 N–H and O–H groups in total. The molecule has 3 aliphatic rings. The molecule has 7 rings (SSSR count). The van der Waals surface area contributed by atoms with Crippen molar-refractivity contribution in [2.45, 2.75) is 117 Å². The molecule has 0 radical (unpaired) electrons. The molecule has 1 saturated heterocycles. The summed E-state index contributed by atoms with van der Waals surface area (Å²) < 4.78 is 50.7. The molecule has 0 saturated carbocycles. The molecule has 0 aliphatic carbocycles. The Morgan fingerprint density at radius 2 is 1.57 bits per heavy atom. The number of hydrazone groups is 1. The summed E-state index contributed by atoms with van der Waals surface area (Å²) in [5, 5.41) is 14.9. The summed E-state index contributed by atoms with van der Waals surface area (Å²) in [4.78, 5) is 83.3. The lowest BCUT2D eigenvalue weighted by molar-refractivity contribution is -0.144. The van der Waals surface area contributed by atoms with E-state index in [2.05, 4.69) is 50.2 Å². The molecule has 4 aromatic rings.